The van der Waals surface area contributed by atoms with E-state index in [2.05, 4.69) is 12.2 Å². The van der Waals surface area contributed by atoms with Crippen molar-refractivity contribution < 1.29 is 9.53 Å². The number of rotatable bonds is 5. The second kappa shape index (κ2) is 7.80. The first kappa shape index (κ1) is 15.5. The lowest BCUT2D eigenvalue weighted by molar-refractivity contribution is -0.117. The lowest BCUT2D eigenvalue weighted by atomic mass is 9.89. The summed E-state index contributed by atoms with van der Waals surface area (Å²) >= 11 is 0. The quantitative estimate of drug-likeness (QED) is 0.901. The molecule has 2 rings (SSSR count). The molecule has 0 saturated heterocycles. The van der Waals surface area contributed by atoms with Crippen LogP contribution in [0.15, 0.2) is 24.3 Å². The summed E-state index contributed by atoms with van der Waals surface area (Å²) in [6, 6.07) is 8.90. The van der Waals surface area contributed by atoms with Crippen LogP contribution in [0.3, 0.4) is 0 Å². The molecular weight excluding hydrogens is 264 g/mol. The molecule has 0 aliphatic heterocycles. The molecule has 112 valence electrons. The van der Waals surface area contributed by atoms with Gasteiger partial charge >= 0.3 is 0 Å². The van der Waals surface area contributed by atoms with Crippen LogP contribution in [0.2, 0.25) is 0 Å². The van der Waals surface area contributed by atoms with Gasteiger partial charge in [0, 0.05) is 5.69 Å². The van der Waals surface area contributed by atoms with Crippen LogP contribution in [-0.2, 0) is 9.53 Å². The normalized spacial score (nSPS) is 21.5. The van der Waals surface area contributed by atoms with Gasteiger partial charge in [-0.25, -0.2) is 0 Å². The molecule has 0 radical (unpaired) electrons. The first-order valence-electron chi connectivity index (χ1n) is 7.59. The molecule has 1 aliphatic carbocycles. The van der Waals surface area contributed by atoms with Crippen LogP contribution in [0.25, 0.3) is 0 Å². The van der Waals surface area contributed by atoms with E-state index in [0.717, 1.165) is 18.8 Å². The molecule has 4 nitrogen and oxygen atoms in total. The number of hydrogen-bond donors (Lipinski definition) is 1. The van der Waals surface area contributed by atoms with Gasteiger partial charge in [0.1, 0.15) is 0 Å². The third kappa shape index (κ3) is 5.20. The number of nitrogens with one attached hydrogen (secondary N) is 1. The zero-order valence-corrected chi connectivity index (χ0v) is 12.5. The minimum absolute atomic E-state index is 0.0523. The van der Waals surface area contributed by atoms with E-state index in [1.807, 2.05) is 6.07 Å². The van der Waals surface area contributed by atoms with Gasteiger partial charge in [-0.3, -0.25) is 4.79 Å². The second-order valence-corrected chi connectivity index (χ2v) is 5.75. The van der Waals surface area contributed by atoms with Crippen LogP contribution in [-0.4, -0.2) is 18.6 Å². The van der Waals surface area contributed by atoms with E-state index < -0.39 is 0 Å². The van der Waals surface area contributed by atoms with Gasteiger partial charge in [-0.15, -0.1) is 0 Å². The third-order valence-electron chi connectivity index (χ3n) is 3.87. The number of nitriles is 1. The van der Waals surface area contributed by atoms with Crippen LogP contribution >= 0.6 is 0 Å². The number of ether oxygens (including phenoxy) is 1. The highest BCUT2D eigenvalue weighted by Crippen LogP contribution is 2.25. The van der Waals surface area contributed by atoms with Gasteiger partial charge < -0.3 is 10.1 Å². The maximum Gasteiger partial charge on any atom is 0.226 e. The van der Waals surface area contributed by atoms with Crippen LogP contribution in [0, 0.1) is 17.2 Å². The molecule has 1 saturated carbocycles. The monoisotopic (exact) mass is 286 g/mol. The summed E-state index contributed by atoms with van der Waals surface area (Å²) < 4.78 is 5.79. The summed E-state index contributed by atoms with van der Waals surface area (Å²) in [4.78, 5) is 11.8. The number of carbonyl (C=O) groups is 1. The highest BCUT2D eigenvalue weighted by atomic mass is 16.5. The average Bonchev–Trinajstić information content (AvgIpc) is 2.48. The van der Waals surface area contributed by atoms with Crippen molar-refractivity contribution in [3.63, 3.8) is 0 Å². The Morgan fingerprint density at radius 2 is 2.14 bits per heavy atom. The highest BCUT2D eigenvalue weighted by molar-refractivity contribution is 5.90. The van der Waals surface area contributed by atoms with Crippen molar-refractivity contribution in [2.24, 2.45) is 5.92 Å². The van der Waals surface area contributed by atoms with Crippen molar-refractivity contribution >= 4 is 11.6 Å². The second-order valence-electron chi connectivity index (χ2n) is 5.75. The average molecular weight is 286 g/mol. The minimum Gasteiger partial charge on any atom is -0.378 e. The van der Waals surface area contributed by atoms with Crippen molar-refractivity contribution in [3.05, 3.63) is 29.8 Å². The molecule has 2 unspecified atom stereocenters. The van der Waals surface area contributed by atoms with E-state index >= 15 is 0 Å². The molecule has 1 N–H and O–H groups in total. The van der Waals surface area contributed by atoms with Crippen LogP contribution in [0.4, 0.5) is 5.69 Å². The van der Waals surface area contributed by atoms with Crippen molar-refractivity contribution in [1.82, 2.24) is 0 Å². The van der Waals surface area contributed by atoms with Gasteiger partial charge in [-0.05, 0) is 43.0 Å². The number of amides is 1. The molecule has 1 aromatic rings. The number of carbonyl (C=O) groups excluding carboxylic acids is 1. The molecule has 1 fully saturated rings. The lowest BCUT2D eigenvalue weighted by Gasteiger charge is -2.26. The van der Waals surface area contributed by atoms with Crippen LogP contribution in [0.5, 0.6) is 0 Å². The zero-order chi connectivity index (χ0) is 15.1. The molecule has 1 aliphatic rings. The van der Waals surface area contributed by atoms with Crippen molar-refractivity contribution in [1.29, 1.82) is 5.26 Å². The summed E-state index contributed by atoms with van der Waals surface area (Å²) in [7, 11) is 0. The standard InChI is InChI=1S/C17H22N2O2/c1-13-3-2-4-16(11-13)21-10-9-17(20)19-15-7-5-14(12-18)6-8-15/h5-8,13,16H,2-4,9-11H2,1H3,(H,19,20). The molecule has 0 bridgehead atoms. The van der Waals surface area contributed by atoms with E-state index in [1.54, 1.807) is 24.3 Å². The van der Waals surface area contributed by atoms with E-state index in [-0.39, 0.29) is 5.91 Å². The largest absolute Gasteiger partial charge is 0.378 e. The Morgan fingerprint density at radius 1 is 1.38 bits per heavy atom. The fraction of sp³-hybridized carbons (Fsp3) is 0.529. The number of anilines is 1. The summed E-state index contributed by atoms with van der Waals surface area (Å²) in [6.45, 7) is 2.73. The topological polar surface area (TPSA) is 62.1 Å². The first-order chi connectivity index (χ1) is 10.2. The Balaban J connectivity index is 1.68. The molecule has 21 heavy (non-hydrogen) atoms. The predicted octanol–water partition coefficient (Wildman–Crippen LogP) is 3.48. The Morgan fingerprint density at radius 3 is 2.81 bits per heavy atom. The molecular formula is C17H22N2O2. The summed E-state index contributed by atoms with van der Waals surface area (Å²) in [5.41, 5.74) is 1.30. The zero-order valence-electron chi connectivity index (χ0n) is 12.5. The Labute approximate surface area is 126 Å². The number of benzene rings is 1. The molecule has 1 aromatic carbocycles. The number of nitrogens with zero attached hydrogens (tertiary/aromatic N) is 1. The van der Waals surface area contributed by atoms with Crippen LogP contribution in [0.1, 0.15) is 44.6 Å². The first-order valence-corrected chi connectivity index (χ1v) is 7.59. The van der Waals surface area contributed by atoms with E-state index in [4.69, 9.17) is 10.00 Å². The molecule has 0 heterocycles. The molecule has 4 heteroatoms. The predicted molar refractivity (Wildman–Crippen MR) is 81.8 cm³/mol. The fourth-order valence-electron chi connectivity index (χ4n) is 2.70. The maximum atomic E-state index is 11.8. The molecule has 0 aromatic heterocycles. The smallest absolute Gasteiger partial charge is 0.226 e. The Kier molecular flexibility index (Phi) is 5.77. The van der Waals surface area contributed by atoms with Crippen molar-refractivity contribution in [2.75, 3.05) is 11.9 Å². The third-order valence-corrected chi connectivity index (χ3v) is 3.87. The van der Waals surface area contributed by atoms with Gasteiger partial charge in [-0.1, -0.05) is 19.8 Å². The number of hydrogen-bond acceptors (Lipinski definition) is 3. The summed E-state index contributed by atoms with van der Waals surface area (Å²) in [5, 5.41) is 11.5. The molecule has 2 atom stereocenters. The summed E-state index contributed by atoms with van der Waals surface area (Å²) in [5.74, 6) is 0.680. The van der Waals surface area contributed by atoms with Gasteiger partial charge in [-0.2, -0.15) is 5.26 Å². The maximum absolute atomic E-state index is 11.8. The Hall–Kier alpha value is -1.86. The lowest BCUT2D eigenvalue weighted by Crippen LogP contribution is -2.23. The van der Waals surface area contributed by atoms with Gasteiger partial charge in [0.2, 0.25) is 5.91 Å². The van der Waals surface area contributed by atoms with Gasteiger partial charge in [0.15, 0.2) is 0 Å². The fourth-order valence-corrected chi connectivity index (χ4v) is 2.70. The van der Waals surface area contributed by atoms with E-state index in [0.29, 0.717) is 30.4 Å². The molecule has 1 amide bonds. The Bertz CT molecular complexity index is 505. The van der Waals surface area contributed by atoms with Crippen LogP contribution < -0.4 is 5.32 Å². The highest BCUT2D eigenvalue weighted by Gasteiger charge is 2.19. The van der Waals surface area contributed by atoms with E-state index in [1.165, 1.54) is 12.8 Å². The van der Waals surface area contributed by atoms with Gasteiger partial charge in [0.05, 0.1) is 30.8 Å². The van der Waals surface area contributed by atoms with Crippen molar-refractivity contribution in [2.45, 2.75) is 45.1 Å². The van der Waals surface area contributed by atoms with Crippen molar-refractivity contribution in [3.8, 4) is 6.07 Å². The summed E-state index contributed by atoms with van der Waals surface area (Å²) in [6.07, 6.45) is 5.42. The van der Waals surface area contributed by atoms with E-state index in [9.17, 15) is 4.79 Å². The van der Waals surface area contributed by atoms with Gasteiger partial charge in [0.25, 0.3) is 0 Å². The molecule has 0 spiro atoms. The minimum atomic E-state index is -0.0523. The SMILES string of the molecule is CC1CCCC(OCCC(=O)Nc2ccc(C#N)cc2)C1.